The molecule has 0 fully saturated rings. The Balaban J connectivity index is 0.000000199. The van der Waals surface area contributed by atoms with Gasteiger partial charge in [-0.25, -0.2) is 9.59 Å². The second kappa shape index (κ2) is 13.7. The van der Waals surface area contributed by atoms with Gasteiger partial charge in [-0.15, -0.1) is 0 Å². The molecule has 0 saturated carbocycles. The van der Waals surface area contributed by atoms with E-state index in [0.717, 1.165) is 29.8 Å². The lowest BCUT2D eigenvalue weighted by Crippen LogP contribution is -2.40. The third-order valence-electron chi connectivity index (χ3n) is 7.47. The molecule has 266 valence electrons. The monoisotopic (exact) mass is 742 g/mol. The van der Waals surface area contributed by atoms with Crippen molar-refractivity contribution in [1.82, 2.24) is 0 Å². The quantitative estimate of drug-likeness (QED) is 0.202. The van der Waals surface area contributed by atoms with Crippen LogP contribution >= 0.6 is 11.6 Å². The standard InChI is InChI=1S/C18H10F6O3.C17H10ClF3O3/c19-17(20,21)12-3-1-2-9(7-12)10-4-5-14-11(6-10)8-13(16(25)26)15(27-14)18(22,23)24;18-13-8-10(9-4-2-1-3-5-9)6-11-7-12(16(22)23)15(17(19,20)21)24-14(11)13/h1-8,15H,(H,25,26);1-8,15H,(H,22,23). The van der Waals surface area contributed by atoms with Crippen LogP contribution in [0.3, 0.4) is 0 Å². The number of ether oxygens (including phenoxy) is 2. The van der Waals surface area contributed by atoms with Crippen molar-refractivity contribution in [1.29, 1.82) is 0 Å². The zero-order valence-electron chi connectivity index (χ0n) is 25.2. The Morgan fingerprint density at radius 1 is 0.588 bits per heavy atom. The lowest BCUT2D eigenvalue weighted by atomic mass is 9.96. The summed E-state index contributed by atoms with van der Waals surface area (Å²) in [5.74, 6) is -3.88. The maximum absolute atomic E-state index is 13.0. The van der Waals surface area contributed by atoms with Crippen LogP contribution in [-0.2, 0) is 15.8 Å². The van der Waals surface area contributed by atoms with Gasteiger partial charge in [-0.1, -0.05) is 60.1 Å². The molecule has 4 aromatic rings. The molecule has 0 amide bonds. The van der Waals surface area contributed by atoms with E-state index in [1.807, 2.05) is 18.2 Å². The Morgan fingerprint density at radius 2 is 1.12 bits per heavy atom. The van der Waals surface area contributed by atoms with Crippen molar-refractivity contribution >= 4 is 35.7 Å². The average Bonchev–Trinajstić information content (AvgIpc) is 3.06. The first-order valence-corrected chi connectivity index (χ1v) is 14.7. The molecule has 0 radical (unpaired) electrons. The minimum Gasteiger partial charge on any atom is -0.478 e. The van der Waals surface area contributed by atoms with Crippen LogP contribution in [0.1, 0.15) is 16.7 Å². The summed E-state index contributed by atoms with van der Waals surface area (Å²) in [7, 11) is 0. The minimum atomic E-state index is -4.93. The predicted molar refractivity (Wildman–Crippen MR) is 166 cm³/mol. The summed E-state index contributed by atoms with van der Waals surface area (Å²) in [5.41, 5.74) is -0.645. The first-order chi connectivity index (χ1) is 23.7. The van der Waals surface area contributed by atoms with Crippen molar-refractivity contribution in [3.8, 4) is 33.8 Å². The van der Waals surface area contributed by atoms with Crippen LogP contribution in [0.2, 0.25) is 5.02 Å². The molecule has 6 rings (SSSR count). The van der Waals surface area contributed by atoms with Crippen LogP contribution in [-0.4, -0.2) is 46.7 Å². The Labute approximate surface area is 286 Å². The molecule has 2 unspecified atom stereocenters. The molecule has 0 spiro atoms. The molecule has 2 heterocycles. The van der Waals surface area contributed by atoms with E-state index in [-0.39, 0.29) is 38.8 Å². The summed E-state index contributed by atoms with van der Waals surface area (Å²) < 4.78 is 126. The molecule has 0 aromatic heterocycles. The van der Waals surface area contributed by atoms with E-state index >= 15 is 0 Å². The summed E-state index contributed by atoms with van der Waals surface area (Å²) >= 11 is 6.07. The van der Waals surface area contributed by atoms with Crippen molar-refractivity contribution in [2.24, 2.45) is 0 Å². The number of aliphatic carboxylic acids is 2. The van der Waals surface area contributed by atoms with Crippen molar-refractivity contribution in [2.45, 2.75) is 30.7 Å². The van der Waals surface area contributed by atoms with Gasteiger partial charge in [0.1, 0.15) is 11.5 Å². The van der Waals surface area contributed by atoms with Gasteiger partial charge < -0.3 is 19.7 Å². The molecule has 2 aliphatic heterocycles. The molecule has 4 aromatic carbocycles. The van der Waals surface area contributed by atoms with Crippen LogP contribution in [0.25, 0.3) is 34.4 Å². The van der Waals surface area contributed by atoms with Gasteiger partial charge in [-0.05, 0) is 70.8 Å². The number of carbonyl (C=O) groups is 2. The SMILES string of the molecule is O=C(O)C1=Cc2cc(-c3cccc(C(F)(F)F)c3)ccc2OC1C(F)(F)F.O=C(O)C1=Cc2cc(-c3ccccc3)cc(Cl)c2OC1C(F)(F)F. The van der Waals surface area contributed by atoms with Crippen LogP contribution in [0.5, 0.6) is 11.5 Å². The van der Waals surface area contributed by atoms with E-state index in [4.69, 9.17) is 31.3 Å². The van der Waals surface area contributed by atoms with Crippen LogP contribution in [0.15, 0.2) is 96.1 Å². The average molecular weight is 743 g/mol. The van der Waals surface area contributed by atoms with Crippen LogP contribution in [0, 0.1) is 0 Å². The molecule has 0 aliphatic carbocycles. The molecular weight excluding hydrogens is 723 g/mol. The van der Waals surface area contributed by atoms with Crippen LogP contribution < -0.4 is 9.47 Å². The number of halogens is 10. The summed E-state index contributed by atoms with van der Waals surface area (Å²) in [4.78, 5) is 22.3. The molecule has 2 aliphatic rings. The molecule has 16 heteroatoms. The summed E-state index contributed by atoms with van der Waals surface area (Å²) in [6.07, 6.45) is -17.7. The number of fused-ring (bicyclic) bond motifs is 2. The number of rotatable bonds is 4. The topological polar surface area (TPSA) is 93.1 Å². The molecule has 2 N–H and O–H groups in total. The van der Waals surface area contributed by atoms with Gasteiger partial charge in [0, 0.05) is 11.1 Å². The minimum absolute atomic E-state index is 0.0127. The Kier molecular flexibility index (Phi) is 9.89. The number of hydrogen-bond acceptors (Lipinski definition) is 4. The normalized spacial score (nSPS) is 16.9. The number of carboxylic acid groups (broad SMARTS) is 2. The molecule has 6 nitrogen and oxygen atoms in total. The van der Waals surface area contributed by atoms with Crippen molar-refractivity contribution < 1.29 is 68.8 Å². The Hall–Kier alpha value is -5.44. The van der Waals surface area contributed by atoms with Crippen molar-refractivity contribution in [3.63, 3.8) is 0 Å². The second-order valence-electron chi connectivity index (χ2n) is 11.0. The molecule has 0 bridgehead atoms. The van der Waals surface area contributed by atoms with Crippen molar-refractivity contribution in [3.05, 3.63) is 118 Å². The van der Waals surface area contributed by atoms with Crippen LogP contribution in [0.4, 0.5) is 39.5 Å². The van der Waals surface area contributed by atoms with E-state index in [0.29, 0.717) is 5.56 Å². The highest BCUT2D eigenvalue weighted by Gasteiger charge is 2.49. The summed E-state index contributed by atoms with van der Waals surface area (Å²) in [6.45, 7) is 0. The Bertz CT molecular complexity index is 2050. The lowest BCUT2D eigenvalue weighted by Gasteiger charge is -2.28. The zero-order valence-corrected chi connectivity index (χ0v) is 26.0. The van der Waals surface area contributed by atoms with Gasteiger partial charge in [0.15, 0.2) is 0 Å². The maximum atomic E-state index is 13.0. The van der Waals surface area contributed by atoms with Gasteiger partial charge >= 0.3 is 30.5 Å². The highest BCUT2D eigenvalue weighted by atomic mass is 35.5. The highest BCUT2D eigenvalue weighted by Crippen LogP contribution is 2.43. The molecule has 0 saturated heterocycles. The number of benzene rings is 4. The number of carboxylic acids is 2. The lowest BCUT2D eigenvalue weighted by molar-refractivity contribution is -0.187. The van der Waals surface area contributed by atoms with Gasteiger partial charge in [0.05, 0.1) is 21.7 Å². The fraction of sp³-hybridized carbons (Fsp3) is 0.143. The van der Waals surface area contributed by atoms with E-state index in [9.17, 15) is 49.1 Å². The third kappa shape index (κ3) is 8.14. The second-order valence-corrected chi connectivity index (χ2v) is 11.4. The van der Waals surface area contributed by atoms with Gasteiger partial charge in [-0.3, -0.25) is 0 Å². The van der Waals surface area contributed by atoms with Gasteiger partial charge in [-0.2, -0.15) is 39.5 Å². The molecule has 51 heavy (non-hydrogen) atoms. The van der Waals surface area contributed by atoms with E-state index < -0.39 is 59.4 Å². The number of alkyl halides is 9. The van der Waals surface area contributed by atoms with Gasteiger partial charge in [0.25, 0.3) is 0 Å². The fourth-order valence-corrected chi connectivity index (χ4v) is 5.43. The van der Waals surface area contributed by atoms with E-state index in [1.54, 1.807) is 18.2 Å². The van der Waals surface area contributed by atoms with E-state index in [1.165, 1.54) is 36.4 Å². The van der Waals surface area contributed by atoms with Gasteiger partial charge in [0.2, 0.25) is 12.2 Å². The maximum Gasteiger partial charge on any atom is 0.430 e. The number of hydrogen-bond donors (Lipinski definition) is 2. The smallest absolute Gasteiger partial charge is 0.430 e. The first kappa shape index (κ1) is 36.8. The largest absolute Gasteiger partial charge is 0.478 e. The zero-order chi connectivity index (χ0) is 37.5. The van der Waals surface area contributed by atoms with Crippen molar-refractivity contribution in [2.75, 3.05) is 0 Å². The molecule has 2 atom stereocenters. The fourth-order valence-electron chi connectivity index (χ4n) is 5.16. The predicted octanol–water partition coefficient (Wildman–Crippen LogP) is 9.96. The highest BCUT2D eigenvalue weighted by molar-refractivity contribution is 6.32. The summed E-state index contributed by atoms with van der Waals surface area (Å²) in [6, 6.07) is 20.2. The third-order valence-corrected chi connectivity index (χ3v) is 7.75. The summed E-state index contributed by atoms with van der Waals surface area (Å²) in [5, 5.41) is 18.1. The Morgan fingerprint density at radius 3 is 1.69 bits per heavy atom. The molecular formula is C35H20ClF9O6. The van der Waals surface area contributed by atoms with E-state index in [2.05, 4.69) is 0 Å². The first-order valence-electron chi connectivity index (χ1n) is 14.3.